The normalized spacial score (nSPS) is 27.4. The van der Waals surface area contributed by atoms with E-state index in [0.29, 0.717) is 32.1 Å². The molecule has 1 unspecified atom stereocenters. The van der Waals surface area contributed by atoms with Crippen LogP contribution in [0.3, 0.4) is 0 Å². The van der Waals surface area contributed by atoms with Crippen LogP contribution in [0.2, 0.25) is 0 Å². The van der Waals surface area contributed by atoms with E-state index < -0.39 is 10.2 Å². The van der Waals surface area contributed by atoms with Gasteiger partial charge in [-0.25, -0.2) is 0 Å². The second-order valence-electron chi connectivity index (χ2n) is 5.03. The average Bonchev–Trinajstić information content (AvgIpc) is 2.83. The van der Waals surface area contributed by atoms with Gasteiger partial charge in [0.2, 0.25) is 0 Å². The largest absolute Gasteiger partial charge is 0.281 e. The standard InChI is InChI=1S/C11H21ClN2O2S/c1-10(12)11-4-8-14(9-5-11)17(15,16)13-6-2-3-7-13/h10-11H,2-9H2,1H3. The molecule has 4 nitrogen and oxygen atoms in total. The number of rotatable bonds is 3. The molecule has 0 saturated carbocycles. The van der Waals surface area contributed by atoms with Crippen molar-refractivity contribution in [2.75, 3.05) is 26.2 Å². The SMILES string of the molecule is CC(Cl)C1CCN(S(=O)(=O)N2CCCC2)CC1. The van der Waals surface area contributed by atoms with Crippen LogP contribution in [0.15, 0.2) is 0 Å². The molecule has 0 aliphatic carbocycles. The maximum atomic E-state index is 12.3. The Kier molecular flexibility index (Phi) is 4.34. The molecule has 0 amide bonds. The highest BCUT2D eigenvalue weighted by molar-refractivity contribution is 7.86. The van der Waals surface area contributed by atoms with Gasteiger partial charge in [-0.3, -0.25) is 0 Å². The highest BCUT2D eigenvalue weighted by atomic mass is 35.5. The van der Waals surface area contributed by atoms with Crippen LogP contribution >= 0.6 is 11.6 Å². The van der Waals surface area contributed by atoms with E-state index in [9.17, 15) is 8.42 Å². The van der Waals surface area contributed by atoms with Crippen molar-refractivity contribution in [3.8, 4) is 0 Å². The van der Waals surface area contributed by atoms with Crippen LogP contribution in [0.1, 0.15) is 32.6 Å². The predicted molar refractivity (Wildman–Crippen MR) is 69.3 cm³/mol. The van der Waals surface area contributed by atoms with Gasteiger partial charge in [0.15, 0.2) is 0 Å². The molecule has 0 aromatic rings. The summed E-state index contributed by atoms with van der Waals surface area (Å²) in [6.45, 7) is 4.63. The van der Waals surface area contributed by atoms with Crippen LogP contribution in [0, 0.1) is 5.92 Å². The maximum absolute atomic E-state index is 12.3. The molecule has 100 valence electrons. The van der Waals surface area contributed by atoms with Gasteiger partial charge in [-0.1, -0.05) is 0 Å². The number of halogens is 1. The number of nitrogens with zero attached hydrogens (tertiary/aromatic N) is 2. The first kappa shape index (κ1) is 13.6. The quantitative estimate of drug-likeness (QED) is 0.738. The number of hydrogen-bond donors (Lipinski definition) is 0. The molecule has 2 saturated heterocycles. The molecule has 2 rings (SSSR count). The summed E-state index contributed by atoms with van der Waals surface area (Å²) in [5, 5.41) is 0.145. The van der Waals surface area contributed by atoms with Gasteiger partial charge in [0.1, 0.15) is 0 Å². The molecular weight excluding hydrogens is 260 g/mol. The lowest BCUT2D eigenvalue weighted by atomic mass is 9.95. The van der Waals surface area contributed by atoms with E-state index in [1.165, 1.54) is 0 Å². The summed E-state index contributed by atoms with van der Waals surface area (Å²) in [6.07, 6.45) is 3.76. The lowest BCUT2D eigenvalue weighted by Gasteiger charge is -2.34. The van der Waals surface area contributed by atoms with Gasteiger partial charge in [-0.2, -0.15) is 17.0 Å². The van der Waals surface area contributed by atoms with Crippen molar-refractivity contribution in [1.82, 2.24) is 8.61 Å². The van der Waals surface area contributed by atoms with Crippen molar-refractivity contribution >= 4 is 21.8 Å². The highest BCUT2D eigenvalue weighted by Crippen LogP contribution is 2.27. The summed E-state index contributed by atoms with van der Waals surface area (Å²) >= 11 is 6.07. The van der Waals surface area contributed by atoms with Crippen molar-refractivity contribution in [2.45, 2.75) is 38.0 Å². The fourth-order valence-electron chi connectivity index (χ4n) is 2.65. The minimum Gasteiger partial charge on any atom is -0.195 e. The second kappa shape index (κ2) is 5.43. The van der Waals surface area contributed by atoms with E-state index in [1.54, 1.807) is 8.61 Å². The van der Waals surface area contributed by atoms with Crippen LogP contribution in [0.5, 0.6) is 0 Å². The number of hydrogen-bond acceptors (Lipinski definition) is 2. The van der Waals surface area contributed by atoms with E-state index in [4.69, 9.17) is 11.6 Å². The number of piperidine rings is 1. The molecule has 6 heteroatoms. The molecular formula is C11H21ClN2O2S. The Bertz CT molecular complexity index is 344. The average molecular weight is 281 g/mol. The zero-order chi connectivity index (χ0) is 12.5. The van der Waals surface area contributed by atoms with Crippen molar-refractivity contribution in [2.24, 2.45) is 5.92 Å². The maximum Gasteiger partial charge on any atom is 0.281 e. The third-order valence-corrected chi connectivity index (χ3v) is 6.26. The number of alkyl halides is 1. The summed E-state index contributed by atoms with van der Waals surface area (Å²) in [6, 6.07) is 0. The third kappa shape index (κ3) is 2.95. The van der Waals surface area contributed by atoms with E-state index in [1.807, 2.05) is 6.92 Å². The monoisotopic (exact) mass is 280 g/mol. The molecule has 2 aliphatic heterocycles. The van der Waals surface area contributed by atoms with E-state index in [2.05, 4.69) is 0 Å². The van der Waals surface area contributed by atoms with Gasteiger partial charge < -0.3 is 0 Å². The highest BCUT2D eigenvalue weighted by Gasteiger charge is 2.34. The van der Waals surface area contributed by atoms with Crippen LogP contribution in [0.4, 0.5) is 0 Å². The molecule has 0 spiro atoms. The van der Waals surface area contributed by atoms with Crippen LogP contribution < -0.4 is 0 Å². The first-order valence-corrected chi connectivity index (χ1v) is 8.24. The Balaban J connectivity index is 1.95. The van der Waals surface area contributed by atoms with E-state index >= 15 is 0 Å². The first-order valence-electron chi connectivity index (χ1n) is 6.41. The van der Waals surface area contributed by atoms with Crippen molar-refractivity contribution in [1.29, 1.82) is 0 Å². The van der Waals surface area contributed by atoms with Gasteiger partial charge in [0, 0.05) is 31.6 Å². The van der Waals surface area contributed by atoms with Crippen molar-refractivity contribution < 1.29 is 8.42 Å². The van der Waals surface area contributed by atoms with Gasteiger partial charge in [-0.05, 0) is 38.5 Å². The van der Waals surface area contributed by atoms with E-state index in [-0.39, 0.29) is 5.38 Å². The van der Waals surface area contributed by atoms with Gasteiger partial charge in [0.25, 0.3) is 10.2 Å². The van der Waals surface area contributed by atoms with E-state index in [0.717, 1.165) is 25.7 Å². The lowest BCUT2D eigenvalue weighted by molar-refractivity contribution is 0.257. The summed E-state index contributed by atoms with van der Waals surface area (Å²) < 4.78 is 27.8. The minimum atomic E-state index is -3.19. The summed E-state index contributed by atoms with van der Waals surface area (Å²) in [4.78, 5) is 0. The molecule has 0 bridgehead atoms. The molecule has 2 heterocycles. The Morgan fingerprint density at radius 1 is 1.06 bits per heavy atom. The Labute approximate surface area is 109 Å². The molecule has 2 fully saturated rings. The summed E-state index contributed by atoms with van der Waals surface area (Å²) in [7, 11) is -3.19. The third-order valence-electron chi connectivity index (χ3n) is 3.87. The van der Waals surface area contributed by atoms with Crippen molar-refractivity contribution in [3.05, 3.63) is 0 Å². The Hall–Kier alpha value is 0.160. The second-order valence-corrected chi connectivity index (χ2v) is 7.64. The van der Waals surface area contributed by atoms with Gasteiger partial charge >= 0.3 is 0 Å². The fourth-order valence-corrected chi connectivity index (χ4v) is 4.62. The molecule has 2 aliphatic rings. The zero-order valence-corrected chi connectivity index (χ0v) is 11.9. The Morgan fingerprint density at radius 3 is 2.00 bits per heavy atom. The molecule has 17 heavy (non-hydrogen) atoms. The topological polar surface area (TPSA) is 40.6 Å². The molecule has 0 radical (unpaired) electrons. The molecule has 0 aromatic carbocycles. The van der Waals surface area contributed by atoms with Gasteiger partial charge in [0.05, 0.1) is 0 Å². The van der Waals surface area contributed by atoms with Crippen LogP contribution in [-0.2, 0) is 10.2 Å². The minimum absolute atomic E-state index is 0.145. The summed E-state index contributed by atoms with van der Waals surface area (Å²) in [5.74, 6) is 0.460. The summed E-state index contributed by atoms with van der Waals surface area (Å²) in [5.41, 5.74) is 0. The smallest absolute Gasteiger partial charge is 0.195 e. The molecule has 0 aromatic heterocycles. The molecule has 0 N–H and O–H groups in total. The predicted octanol–water partition coefficient (Wildman–Crippen LogP) is 1.67. The van der Waals surface area contributed by atoms with Crippen molar-refractivity contribution in [3.63, 3.8) is 0 Å². The Morgan fingerprint density at radius 2 is 1.53 bits per heavy atom. The lowest BCUT2D eigenvalue weighted by Crippen LogP contribution is -2.46. The molecule has 1 atom stereocenters. The zero-order valence-electron chi connectivity index (χ0n) is 10.3. The fraction of sp³-hybridized carbons (Fsp3) is 1.00. The van der Waals surface area contributed by atoms with Crippen LogP contribution in [0.25, 0.3) is 0 Å². The van der Waals surface area contributed by atoms with Crippen LogP contribution in [-0.4, -0.2) is 48.6 Å². The van der Waals surface area contributed by atoms with Gasteiger partial charge in [-0.15, -0.1) is 11.6 Å². The first-order chi connectivity index (χ1) is 8.01.